The Kier molecular flexibility index (Phi) is 3.83. The van der Waals surface area contributed by atoms with Crippen LogP contribution in [0.2, 0.25) is 5.02 Å². The number of hydrogen-bond acceptors (Lipinski definition) is 2. The van der Waals surface area contributed by atoms with E-state index >= 15 is 0 Å². The van der Waals surface area contributed by atoms with Crippen LogP contribution < -0.4 is 10.5 Å². The lowest BCUT2D eigenvalue weighted by Crippen LogP contribution is -1.93. The van der Waals surface area contributed by atoms with E-state index in [1.54, 1.807) is 18.2 Å². The molecule has 0 aromatic heterocycles. The van der Waals surface area contributed by atoms with Gasteiger partial charge in [-0.15, -0.1) is 0 Å². The molecule has 2 aromatic rings. The zero-order valence-electron chi connectivity index (χ0n) is 10.1. The van der Waals surface area contributed by atoms with Gasteiger partial charge in [0, 0.05) is 15.6 Å². The Hall–Kier alpha value is -1.19. The summed E-state index contributed by atoms with van der Waals surface area (Å²) >= 11 is 9.45. The lowest BCUT2D eigenvalue weighted by Gasteiger charge is -2.11. The molecule has 18 heavy (non-hydrogen) atoms. The van der Waals surface area contributed by atoms with E-state index in [-0.39, 0.29) is 0 Å². The molecule has 0 amide bonds. The largest absolute Gasteiger partial charge is 0.455 e. The highest BCUT2D eigenvalue weighted by atomic mass is 79.9. The molecule has 0 radical (unpaired) electrons. The third-order valence-electron chi connectivity index (χ3n) is 2.61. The van der Waals surface area contributed by atoms with Crippen LogP contribution in [-0.2, 0) is 0 Å². The standard InChI is InChI=1S/C14H13BrClNO/c1-8-5-11(6-9(2)14(8)15)18-13-7-10(16)3-4-12(13)17/h3-7H,17H2,1-2H3. The predicted octanol–water partition coefficient (Wildman–Crippen LogP) is 5.09. The van der Waals surface area contributed by atoms with Gasteiger partial charge in [0.15, 0.2) is 5.75 Å². The molecule has 0 aliphatic rings. The highest BCUT2D eigenvalue weighted by Crippen LogP contribution is 2.33. The summed E-state index contributed by atoms with van der Waals surface area (Å²) in [5.74, 6) is 1.32. The molecule has 0 aliphatic heterocycles. The second-order valence-corrected chi connectivity index (χ2v) is 5.38. The highest BCUT2D eigenvalue weighted by Gasteiger charge is 2.07. The summed E-state index contributed by atoms with van der Waals surface area (Å²) in [7, 11) is 0. The van der Waals surface area contributed by atoms with Crippen LogP contribution in [-0.4, -0.2) is 0 Å². The third kappa shape index (κ3) is 2.79. The maximum absolute atomic E-state index is 5.93. The fraction of sp³-hybridized carbons (Fsp3) is 0.143. The van der Waals surface area contributed by atoms with Crippen LogP contribution in [0.4, 0.5) is 5.69 Å². The lowest BCUT2D eigenvalue weighted by atomic mass is 10.1. The molecule has 0 saturated carbocycles. The SMILES string of the molecule is Cc1cc(Oc2cc(Cl)ccc2N)cc(C)c1Br. The van der Waals surface area contributed by atoms with E-state index in [0.29, 0.717) is 16.5 Å². The Bertz CT molecular complexity index is 575. The Balaban J connectivity index is 2.37. The number of hydrogen-bond donors (Lipinski definition) is 1. The van der Waals surface area contributed by atoms with Gasteiger partial charge < -0.3 is 10.5 Å². The van der Waals surface area contributed by atoms with Crippen molar-refractivity contribution in [1.29, 1.82) is 0 Å². The molecular formula is C14H13BrClNO. The van der Waals surface area contributed by atoms with Gasteiger partial charge in [-0.25, -0.2) is 0 Å². The van der Waals surface area contributed by atoms with Gasteiger partial charge in [0.05, 0.1) is 5.69 Å². The number of halogens is 2. The molecule has 2 aromatic carbocycles. The molecule has 0 saturated heterocycles. The minimum absolute atomic E-state index is 0.567. The summed E-state index contributed by atoms with van der Waals surface area (Å²) in [6, 6.07) is 9.09. The topological polar surface area (TPSA) is 35.2 Å². The molecule has 0 aliphatic carbocycles. The summed E-state index contributed by atoms with van der Waals surface area (Å²) in [4.78, 5) is 0. The first-order valence-corrected chi connectivity index (χ1v) is 6.64. The molecule has 0 spiro atoms. The Morgan fingerprint density at radius 2 is 1.72 bits per heavy atom. The molecule has 0 heterocycles. The van der Waals surface area contributed by atoms with E-state index in [9.17, 15) is 0 Å². The van der Waals surface area contributed by atoms with Crippen LogP contribution in [0.15, 0.2) is 34.8 Å². The average Bonchev–Trinajstić information content (AvgIpc) is 2.31. The van der Waals surface area contributed by atoms with Gasteiger partial charge in [-0.3, -0.25) is 0 Å². The van der Waals surface area contributed by atoms with Crippen LogP contribution in [0.25, 0.3) is 0 Å². The summed E-state index contributed by atoms with van der Waals surface area (Å²) in [6.07, 6.45) is 0. The van der Waals surface area contributed by atoms with E-state index < -0.39 is 0 Å². The average molecular weight is 327 g/mol. The zero-order valence-corrected chi connectivity index (χ0v) is 12.5. The van der Waals surface area contributed by atoms with Crippen molar-refractivity contribution in [2.45, 2.75) is 13.8 Å². The van der Waals surface area contributed by atoms with Crippen LogP contribution in [0.3, 0.4) is 0 Å². The smallest absolute Gasteiger partial charge is 0.151 e. The van der Waals surface area contributed by atoms with Crippen LogP contribution >= 0.6 is 27.5 Å². The third-order valence-corrected chi connectivity index (χ3v) is 4.10. The molecule has 0 bridgehead atoms. The molecule has 4 heteroatoms. The second kappa shape index (κ2) is 5.21. The maximum atomic E-state index is 5.93. The van der Waals surface area contributed by atoms with Gasteiger partial charge in [0.25, 0.3) is 0 Å². The van der Waals surface area contributed by atoms with Crippen molar-refractivity contribution in [1.82, 2.24) is 0 Å². The quantitative estimate of drug-likeness (QED) is 0.780. The van der Waals surface area contributed by atoms with Crippen LogP contribution in [0.1, 0.15) is 11.1 Å². The van der Waals surface area contributed by atoms with Gasteiger partial charge in [-0.2, -0.15) is 0 Å². The van der Waals surface area contributed by atoms with Crippen LogP contribution in [0, 0.1) is 13.8 Å². The van der Waals surface area contributed by atoms with Crippen molar-refractivity contribution in [3.05, 3.63) is 51.0 Å². The molecule has 2 N–H and O–H groups in total. The van der Waals surface area contributed by atoms with Crippen LogP contribution in [0.5, 0.6) is 11.5 Å². The molecular weight excluding hydrogens is 314 g/mol. The number of ether oxygens (including phenoxy) is 1. The Morgan fingerprint density at radius 3 is 2.33 bits per heavy atom. The van der Waals surface area contributed by atoms with E-state index in [2.05, 4.69) is 15.9 Å². The van der Waals surface area contributed by atoms with E-state index in [1.807, 2.05) is 26.0 Å². The molecule has 0 fully saturated rings. The fourth-order valence-corrected chi connectivity index (χ4v) is 2.08. The summed E-state index contributed by atoms with van der Waals surface area (Å²) in [5.41, 5.74) is 8.65. The number of nitrogen functional groups attached to an aromatic ring is 1. The van der Waals surface area contributed by atoms with Gasteiger partial charge >= 0.3 is 0 Å². The first-order valence-electron chi connectivity index (χ1n) is 5.47. The van der Waals surface area contributed by atoms with E-state index in [1.165, 1.54) is 0 Å². The van der Waals surface area contributed by atoms with Crippen molar-refractivity contribution >= 4 is 33.2 Å². The summed E-state index contributed by atoms with van der Waals surface area (Å²) in [6.45, 7) is 4.04. The number of nitrogens with two attached hydrogens (primary N) is 1. The van der Waals surface area contributed by atoms with Gasteiger partial charge in [-0.05, 0) is 49.2 Å². The predicted molar refractivity (Wildman–Crippen MR) is 79.6 cm³/mol. The van der Waals surface area contributed by atoms with Crippen molar-refractivity contribution in [2.24, 2.45) is 0 Å². The number of rotatable bonds is 2. The van der Waals surface area contributed by atoms with Crippen molar-refractivity contribution < 1.29 is 4.74 Å². The molecule has 94 valence electrons. The van der Waals surface area contributed by atoms with Gasteiger partial charge in [-0.1, -0.05) is 27.5 Å². The minimum atomic E-state index is 0.567. The first kappa shape index (κ1) is 13.2. The highest BCUT2D eigenvalue weighted by molar-refractivity contribution is 9.10. The zero-order chi connectivity index (χ0) is 13.3. The monoisotopic (exact) mass is 325 g/mol. The molecule has 2 rings (SSSR count). The summed E-state index contributed by atoms with van der Waals surface area (Å²) in [5, 5.41) is 0.602. The number of aryl methyl sites for hydroxylation is 2. The Morgan fingerprint density at radius 1 is 1.11 bits per heavy atom. The summed E-state index contributed by atoms with van der Waals surface area (Å²) < 4.78 is 6.87. The van der Waals surface area contributed by atoms with Gasteiger partial charge in [0.1, 0.15) is 5.75 Å². The van der Waals surface area contributed by atoms with Crippen molar-refractivity contribution in [3.63, 3.8) is 0 Å². The lowest BCUT2D eigenvalue weighted by molar-refractivity contribution is 0.484. The second-order valence-electron chi connectivity index (χ2n) is 4.16. The fourth-order valence-electron chi connectivity index (χ4n) is 1.69. The van der Waals surface area contributed by atoms with E-state index in [4.69, 9.17) is 22.1 Å². The Labute approximate surface area is 120 Å². The molecule has 2 nitrogen and oxygen atoms in total. The van der Waals surface area contributed by atoms with Crippen molar-refractivity contribution in [3.8, 4) is 11.5 Å². The first-order chi connectivity index (χ1) is 8.47. The maximum Gasteiger partial charge on any atom is 0.151 e. The molecule has 0 atom stereocenters. The molecule has 0 unspecified atom stereocenters. The number of anilines is 1. The van der Waals surface area contributed by atoms with Gasteiger partial charge in [0.2, 0.25) is 0 Å². The van der Waals surface area contributed by atoms with E-state index in [0.717, 1.165) is 21.3 Å². The number of benzene rings is 2. The minimum Gasteiger partial charge on any atom is -0.455 e. The normalized spacial score (nSPS) is 10.4. The van der Waals surface area contributed by atoms with Crippen molar-refractivity contribution in [2.75, 3.05) is 5.73 Å².